The van der Waals surface area contributed by atoms with E-state index in [1.807, 2.05) is 47.8 Å². The minimum absolute atomic E-state index is 0.159. The van der Waals surface area contributed by atoms with Crippen molar-refractivity contribution in [1.82, 2.24) is 10.6 Å². The normalized spacial score (nSPS) is 14.0. The number of ether oxygens (including phenoxy) is 2. The molecule has 1 fully saturated rings. The molecular weight excluding hydrogens is 364 g/mol. The van der Waals surface area contributed by atoms with Gasteiger partial charge in [0, 0.05) is 18.6 Å². The third-order valence-electron chi connectivity index (χ3n) is 3.22. The van der Waals surface area contributed by atoms with E-state index in [-0.39, 0.29) is 19.1 Å². The highest BCUT2D eigenvalue weighted by molar-refractivity contribution is 8.19. The van der Waals surface area contributed by atoms with E-state index >= 15 is 0 Å². The second-order valence-corrected chi connectivity index (χ2v) is 7.77. The van der Waals surface area contributed by atoms with Crippen molar-refractivity contribution >= 4 is 41.3 Å². The monoisotopic (exact) mass is 384 g/mol. The van der Waals surface area contributed by atoms with Gasteiger partial charge in [-0.05, 0) is 17.7 Å². The molecule has 0 saturated carbocycles. The maximum Gasteiger partial charge on any atom is 0.344 e. The van der Waals surface area contributed by atoms with Crippen LogP contribution in [-0.2, 0) is 19.1 Å². The lowest BCUT2D eigenvalue weighted by Crippen LogP contribution is -2.37. The lowest BCUT2D eigenvalue weighted by Gasteiger charge is -2.10. The van der Waals surface area contributed by atoms with Crippen LogP contribution in [0.15, 0.2) is 24.3 Å². The van der Waals surface area contributed by atoms with Gasteiger partial charge in [0.1, 0.15) is 5.75 Å². The molecule has 2 rings (SSSR count). The molecule has 1 heterocycles. The molecule has 9 heteroatoms. The molecule has 1 saturated heterocycles. The third-order valence-corrected chi connectivity index (χ3v) is 6.32. The Labute approximate surface area is 154 Å². The number of esters is 1. The number of carbonyl (C=O) groups is 3. The number of hydrogen-bond acceptors (Lipinski definition) is 7. The molecule has 1 aromatic rings. The first kappa shape index (κ1) is 19.5. The number of rotatable bonds is 8. The predicted molar refractivity (Wildman–Crippen MR) is 97.6 cm³/mol. The largest absolute Gasteiger partial charge is 0.482 e. The number of thioether (sulfide) groups is 2. The molecule has 0 radical (unpaired) electrons. The van der Waals surface area contributed by atoms with E-state index in [2.05, 4.69) is 10.6 Å². The van der Waals surface area contributed by atoms with Gasteiger partial charge in [0.15, 0.2) is 13.2 Å². The van der Waals surface area contributed by atoms with Crippen molar-refractivity contribution in [3.8, 4) is 5.75 Å². The number of nitrogens with one attached hydrogen (secondary N) is 2. The van der Waals surface area contributed by atoms with E-state index < -0.39 is 18.5 Å². The zero-order valence-electron chi connectivity index (χ0n) is 13.8. The summed E-state index contributed by atoms with van der Waals surface area (Å²) >= 11 is 3.84. The Morgan fingerprint density at radius 1 is 1.08 bits per heavy atom. The van der Waals surface area contributed by atoms with Crippen LogP contribution in [0, 0.1) is 0 Å². The molecular formula is C16H20N2O5S2. The van der Waals surface area contributed by atoms with Crippen molar-refractivity contribution in [2.45, 2.75) is 4.58 Å². The fourth-order valence-electron chi connectivity index (χ4n) is 1.92. The Hall–Kier alpha value is -1.87. The SMILES string of the molecule is CNC(=O)CNC(=O)COC(=O)COc1ccc(C2SCCS2)cc1. The van der Waals surface area contributed by atoms with E-state index in [0.717, 1.165) is 11.5 Å². The molecule has 1 aromatic carbocycles. The molecule has 0 unspecified atom stereocenters. The smallest absolute Gasteiger partial charge is 0.344 e. The summed E-state index contributed by atoms with van der Waals surface area (Å²) in [5, 5.41) is 4.68. The van der Waals surface area contributed by atoms with Gasteiger partial charge in [0.05, 0.1) is 11.1 Å². The number of benzene rings is 1. The van der Waals surface area contributed by atoms with Crippen LogP contribution in [0.3, 0.4) is 0 Å². The van der Waals surface area contributed by atoms with Gasteiger partial charge >= 0.3 is 5.97 Å². The molecule has 0 bridgehead atoms. The van der Waals surface area contributed by atoms with Gasteiger partial charge in [-0.3, -0.25) is 9.59 Å². The molecule has 0 atom stereocenters. The molecule has 0 aromatic heterocycles. The lowest BCUT2D eigenvalue weighted by molar-refractivity contribution is -0.150. The van der Waals surface area contributed by atoms with Crippen LogP contribution < -0.4 is 15.4 Å². The fourth-order valence-corrected chi connectivity index (χ4v) is 4.78. The second kappa shape index (κ2) is 10.2. The van der Waals surface area contributed by atoms with Gasteiger partial charge in [0.25, 0.3) is 5.91 Å². The van der Waals surface area contributed by atoms with Gasteiger partial charge in [-0.25, -0.2) is 4.79 Å². The lowest BCUT2D eigenvalue weighted by atomic mass is 10.2. The van der Waals surface area contributed by atoms with Crippen molar-refractivity contribution in [3.05, 3.63) is 29.8 Å². The van der Waals surface area contributed by atoms with Crippen LogP contribution in [0.5, 0.6) is 5.75 Å². The van der Waals surface area contributed by atoms with Crippen LogP contribution in [0.2, 0.25) is 0 Å². The van der Waals surface area contributed by atoms with E-state index in [1.165, 1.54) is 12.6 Å². The summed E-state index contributed by atoms with van der Waals surface area (Å²) in [7, 11) is 1.46. The van der Waals surface area contributed by atoms with Crippen molar-refractivity contribution in [3.63, 3.8) is 0 Å². The number of carbonyl (C=O) groups excluding carboxylic acids is 3. The van der Waals surface area contributed by atoms with E-state index in [4.69, 9.17) is 9.47 Å². The van der Waals surface area contributed by atoms with Crippen molar-refractivity contribution < 1.29 is 23.9 Å². The summed E-state index contributed by atoms with van der Waals surface area (Å²) in [6, 6.07) is 7.61. The summed E-state index contributed by atoms with van der Waals surface area (Å²) in [5.41, 5.74) is 1.23. The Morgan fingerprint density at radius 2 is 1.76 bits per heavy atom. The summed E-state index contributed by atoms with van der Waals surface area (Å²) in [6.45, 7) is -0.892. The Bertz CT molecular complexity index is 603. The van der Waals surface area contributed by atoms with E-state index in [9.17, 15) is 14.4 Å². The average molecular weight is 384 g/mol. The van der Waals surface area contributed by atoms with Crippen LogP contribution in [0.25, 0.3) is 0 Å². The molecule has 7 nitrogen and oxygen atoms in total. The highest BCUT2D eigenvalue weighted by atomic mass is 32.2. The first-order chi connectivity index (χ1) is 12.1. The van der Waals surface area contributed by atoms with Gasteiger partial charge < -0.3 is 20.1 Å². The van der Waals surface area contributed by atoms with Gasteiger partial charge in [0.2, 0.25) is 5.91 Å². The van der Waals surface area contributed by atoms with Crippen LogP contribution in [0.4, 0.5) is 0 Å². The standard InChI is InChI=1S/C16H20N2O5S2/c1-17-13(19)8-18-14(20)9-23-15(21)10-22-12-4-2-11(3-5-12)16-24-6-7-25-16/h2-5,16H,6-10H2,1H3,(H,17,19)(H,18,20). The molecule has 136 valence electrons. The quantitative estimate of drug-likeness (QED) is 0.645. The number of hydrogen-bond donors (Lipinski definition) is 2. The average Bonchev–Trinajstić information content (AvgIpc) is 3.17. The Morgan fingerprint density at radius 3 is 2.40 bits per heavy atom. The third kappa shape index (κ3) is 6.87. The molecule has 0 spiro atoms. The first-order valence-electron chi connectivity index (χ1n) is 7.67. The highest BCUT2D eigenvalue weighted by Gasteiger charge is 2.18. The molecule has 1 aliphatic heterocycles. The van der Waals surface area contributed by atoms with Gasteiger partial charge in [-0.2, -0.15) is 0 Å². The fraction of sp³-hybridized carbons (Fsp3) is 0.438. The maximum atomic E-state index is 11.6. The summed E-state index contributed by atoms with van der Waals surface area (Å²) in [4.78, 5) is 33.9. The first-order valence-corrected chi connectivity index (χ1v) is 9.77. The van der Waals surface area contributed by atoms with Crippen LogP contribution in [0.1, 0.15) is 10.1 Å². The van der Waals surface area contributed by atoms with Crippen molar-refractivity contribution in [1.29, 1.82) is 0 Å². The topological polar surface area (TPSA) is 93.7 Å². The van der Waals surface area contributed by atoms with Gasteiger partial charge in [-0.1, -0.05) is 12.1 Å². The second-order valence-electron chi connectivity index (χ2n) is 5.04. The summed E-state index contributed by atoms with van der Waals surface area (Å²) in [5.74, 6) is 1.36. The summed E-state index contributed by atoms with van der Waals surface area (Å²) in [6.07, 6.45) is 0. The minimum Gasteiger partial charge on any atom is -0.482 e. The molecule has 25 heavy (non-hydrogen) atoms. The molecule has 1 aliphatic rings. The number of likely N-dealkylation sites (N-methyl/N-ethyl adjacent to an activating group) is 1. The Kier molecular flexibility index (Phi) is 7.93. The minimum atomic E-state index is -0.652. The maximum absolute atomic E-state index is 11.6. The Balaban J connectivity index is 1.65. The highest BCUT2D eigenvalue weighted by Crippen LogP contribution is 2.45. The molecule has 0 aliphatic carbocycles. The number of amides is 2. The van der Waals surface area contributed by atoms with Crippen LogP contribution >= 0.6 is 23.5 Å². The molecule has 2 amide bonds. The zero-order valence-corrected chi connectivity index (χ0v) is 15.4. The molecule has 2 N–H and O–H groups in total. The van der Waals surface area contributed by atoms with Gasteiger partial charge in [-0.15, -0.1) is 23.5 Å². The van der Waals surface area contributed by atoms with Crippen molar-refractivity contribution in [2.24, 2.45) is 0 Å². The van der Waals surface area contributed by atoms with E-state index in [1.54, 1.807) is 0 Å². The zero-order chi connectivity index (χ0) is 18.1. The van der Waals surface area contributed by atoms with Crippen molar-refractivity contribution in [2.75, 3.05) is 38.3 Å². The predicted octanol–water partition coefficient (Wildman–Crippen LogP) is 0.949. The van der Waals surface area contributed by atoms with Crippen LogP contribution in [-0.4, -0.2) is 56.1 Å². The summed E-state index contributed by atoms with van der Waals surface area (Å²) < 4.78 is 10.6. The van der Waals surface area contributed by atoms with E-state index in [0.29, 0.717) is 10.3 Å².